The summed E-state index contributed by atoms with van der Waals surface area (Å²) in [6.07, 6.45) is 1.20. The molecular formula is C15H12Cl2N2O2. The van der Waals surface area contributed by atoms with Crippen LogP contribution in [0.4, 0.5) is 0 Å². The molecule has 6 heteroatoms. The van der Waals surface area contributed by atoms with Crippen molar-refractivity contribution >= 4 is 29.1 Å². The highest BCUT2D eigenvalue weighted by Gasteiger charge is 2.32. The van der Waals surface area contributed by atoms with Crippen LogP contribution in [-0.4, -0.2) is 22.1 Å². The second kappa shape index (κ2) is 5.64. The second-order valence-corrected chi connectivity index (χ2v) is 5.70. The zero-order valence-electron chi connectivity index (χ0n) is 10.9. The van der Waals surface area contributed by atoms with E-state index in [1.54, 1.807) is 0 Å². The molecule has 0 fully saturated rings. The maximum absolute atomic E-state index is 12.3. The van der Waals surface area contributed by atoms with Gasteiger partial charge in [-0.1, -0.05) is 47.5 Å². The van der Waals surface area contributed by atoms with Crippen molar-refractivity contribution in [3.8, 4) is 0 Å². The van der Waals surface area contributed by atoms with Gasteiger partial charge in [-0.3, -0.25) is 4.79 Å². The Hall–Kier alpha value is -1.62. The predicted molar refractivity (Wildman–Crippen MR) is 80.6 cm³/mol. The van der Waals surface area contributed by atoms with Crippen LogP contribution in [0, 0.1) is 0 Å². The van der Waals surface area contributed by atoms with Crippen LogP contribution in [0.2, 0.25) is 10.2 Å². The Kier molecular flexibility index (Phi) is 3.85. The van der Waals surface area contributed by atoms with Gasteiger partial charge in [-0.2, -0.15) is 0 Å². The minimum Gasteiger partial charge on any atom is -0.390 e. The van der Waals surface area contributed by atoms with E-state index in [1.807, 2.05) is 24.3 Å². The molecule has 4 nitrogen and oxygen atoms in total. The number of fused-ring (bicyclic) bond motifs is 1. The number of benzene rings is 1. The molecular weight excluding hydrogens is 311 g/mol. The monoisotopic (exact) mass is 322 g/mol. The first-order chi connectivity index (χ1) is 10.1. The summed E-state index contributed by atoms with van der Waals surface area (Å²) < 4.78 is 0. The Bertz CT molecular complexity index is 706. The van der Waals surface area contributed by atoms with Gasteiger partial charge in [-0.25, -0.2) is 4.98 Å². The number of pyridine rings is 1. The zero-order chi connectivity index (χ0) is 15.0. The molecule has 21 heavy (non-hydrogen) atoms. The molecule has 1 aromatic heterocycles. The van der Waals surface area contributed by atoms with Crippen molar-refractivity contribution in [2.24, 2.45) is 0 Å². The van der Waals surface area contributed by atoms with Crippen LogP contribution >= 0.6 is 23.2 Å². The van der Waals surface area contributed by atoms with E-state index in [1.165, 1.54) is 12.3 Å². The van der Waals surface area contributed by atoms with E-state index in [0.717, 1.165) is 11.1 Å². The molecule has 0 spiro atoms. The summed E-state index contributed by atoms with van der Waals surface area (Å²) in [5, 5.41) is 13.4. The Morgan fingerprint density at radius 2 is 2.10 bits per heavy atom. The quantitative estimate of drug-likeness (QED) is 0.836. The van der Waals surface area contributed by atoms with E-state index in [9.17, 15) is 9.90 Å². The van der Waals surface area contributed by atoms with Crippen LogP contribution in [-0.2, 0) is 6.42 Å². The molecule has 2 aromatic rings. The highest BCUT2D eigenvalue weighted by molar-refractivity contribution is 6.35. The number of carbonyl (C=O) groups excluding carboxylic acids is 1. The summed E-state index contributed by atoms with van der Waals surface area (Å²) in [4.78, 5) is 16.1. The summed E-state index contributed by atoms with van der Waals surface area (Å²) in [5.74, 6) is -0.384. The fourth-order valence-corrected chi connectivity index (χ4v) is 2.90. The highest BCUT2D eigenvalue weighted by atomic mass is 35.5. The van der Waals surface area contributed by atoms with Crippen molar-refractivity contribution in [1.29, 1.82) is 0 Å². The maximum Gasteiger partial charge on any atom is 0.253 e. The number of hydrogen-bond acceptors (Lipinski definition) is 3. The number of rotatable bonds is 2. The normalized spacial score (nSPS) is 20.1. The first kappa shape index (κ1) is 14.3. The van der Waals surface area contributed by atoms with Gasteiger partial charge >= 0.3 is 0 Å². The molecule has 0 bridgehead atoms. The number of carbonyl (C=O) groups is 1. The van der Waals surface area contributed by atoms with Crippen LogP contribution in [0.25, 0.3) is 0 Å². The molecule has 1 aromatic carbocycles. The molecule has 1 aliphatic carbocycles. The van der Waals surface area contributed by atoms with Gasteiger partial charge in [0.05, 0.1) is 22.7 Å². The third kappa shape index (κ3) is 2.75. The third-order valence-electron chi connectivity index (χ3n) is 3.56. The summed E-state index contributed by atoms with van der Waals surface area (Å²) in [6.45, 7) is 0. The van der Waals surface area contributed by atoms with E-state index in [0.29, 0.717) is 6.42 Å². The summed E-state index contributed by atoms with van der Waals surface area (Å²) in [6, 6.07) is 8.60. The average Bonchev–Trinajstić information content (AvgIpc) is 2.78. The van der Waals surface area contributed by atoms with Gasteiger partial charge in [0.15, 0.2) is 0 Å². The molecule has 1 amide bonds. The van der Waals surface area contributed by atoms with Crippen LogP contribution < -0.4 is 5.32 Å². The number of hydrogen-bond donors (Lipinski definition) is 2. The lowest BCUT2D eigenvalue weighted by atomic mass is 10.1. The standard InChI is InChI=1S/C15H12Cl2N2O2/c16-11-7-18-13(17)6-10(11)15(21)19-14-9-4-2-1-3-8(9)5-12(14)20/h1-4,6-7,12,14,20H,5H2,(H,19,21)/t12-,14+/m1/s1. The number of aromatic nitrogens is 1. The summed E-state index contributed by atoms with van der Waals surface area (Å²) >= 11 is 11.8. The molecule has 1 aliphatic rings. The van der Waals surface area contributed by atoms with Crippen molar-refractivity contribution in [2.75, 3.05) is 0 Å². The number of nitrogens with one attached hydrogen (secondary N) is 1. The largest absolute Gasteiger partial charge is 0.390 e. The lowest BCUT2D eigenvalue weighted by Crippen LogP contribution is -2.34. The van der Waals surface area contributed by atoms with Crippen molar-refractivity contribution < 1.29 is 9.90 Å². The van der Waals surface area contributed by atoms with Crippen molar-refractivity contribution in [1.82, 2.24) is 10.3 Å². The van der Waals surface area contributed by atoms with Crippen LogP contribution in [0.15, 0.2) is 36.5 Å². The number of nitrogens with zero attached hydrogens (tertiary/aromatic N) is 1. The van der Waals surface area contributed by atoms with Crippen molar-refractivity contribution in [2.45, 2.75) is 18.6 Å². The summed E-state index contributed by atoms with van der Waals surface area (Å²) in [5.41, 5.74) is 2.21. The van der Waals surface area contributed by atoms with Gasteiger partial charge in [0.2, 0.25) is 0 Å². The molecule has 0 aliphatic heterocycles. The lowest BCUT2D eigenvalue weighted by Gasteiger charge is -2.18. The average molecular weight is 323 g/mol. The van der Waals surface area contributed by atoms with E-state index in [-0.39, 0.29) is 21.6 Å². The Balaban J connectivity index is 1.87. The zero-order valence-corrected chi connectivity index (χ0v) is 12.4. The SMILES string of the molecule is O=C(N[C@H]1c2ccccc2C[C@H]1O)c1cc(Cl)ncc1Cl. The maximum atomic E-state index is 12.3. The van der Waals surface area contributed by atoms with E-state index in [2.05, 4.69) is 10.3 Å². The number of aliphatic hydroxyl groups excluding tert-OH is 1. The Morgan fingerprint density at radius 3 is 2.90 bits per heavy atom. The molecule has 0 saturated carbocycles. The molecule has 0 saturated heterocycles. The number of halogens is 2. The molecule has 3 rings (SSSR count). The van der Waals surface area contributed by atoms with Crippen LogP contribution in [0.3, 0.4) is 0 Å². The highest BCUT2D eigenvalue weighted by Crippen LogP contribution is 2.31. The fraction of sp³-hybridized carbons (Fsp3) is 0.200. The van der Waals surface area contributed by atoms with E-state index < -0.39 is 12.1 Å². The minimum absolute atomic E-state index is 0.192. The van der Waals surface area contributed by atoms with Gasteiger partial charge in [-0.15, -0.1) is 0 Å². The molecule has 108 valence electrons. The Labute approximate surface area is 131 Å². The molecule has 2 atom stereocenters. The molecule has 0 radical (unpaired) electrons. The van der Waals surface area contributed by atoms with Crippen molar-refractivity contribution in [3.05, 3.63) is 63.4 Å². The van der Waals surface area contributed by atoms with Gasteiger partial charge in [0.25, 0.3) is 5.91 Å². The summed E-state index contributed by atoms with van der Waals surface area (Å²) in [7, 11) is 0. The first-order valence-electron chi connectivity index (χ1n) is 6.44. The predicted octanol–water partition coefficient (Wildman–Crippen LogP) is 2.78. The lowest BCUT2D eigenvalue weighted by molar-refractivity contribution is 0.0858. The fourth-order valence-electron chi connectivity index (χ4n) is 2.55. The minimum atomic E-state index is -0.651. The van der Waals surface area contributed by atoms with E-state index in [4.69, 9.17) is 23.2 Å². The number of amides is 1. The Morgan fingerprint density at radius 1 is 1.33 bits per heavy atom. The molecule has 2 N–H and O–H groups in total. The number of aliphatic hydroxyl groups is 1. The third-order valence-corrected chi connectivity index (χ3v) is 4.07. The van der Waals surface area contributed by atoms with Crippen LogP contribution in [0.5, 0.6) is 0 Å². The van der Waals surface area contributed by atoms with Gasteiger partial charge in [0.1, 0.15) is 5.15 Å². The first-order valence-corrected chi connectivity index (χ1v) is 7.19. The van der Waals surface area contributed by atoms with E-state index >= 15 is 0 Å². The molecule has 0 unspecified atom stereocenters. The molecule has 1 heterocycles. The van der Waals surface area contributed by atoms with Crippen LogP contribution in [0.1, 0.15) is 27.5 Å². The van der Waals surface area contributed by atoms with Gasteiger partial charge in [0, 0.05) is 12.6 Å². The second-order valence-electron chi connectivity index (χ2n) is 4.91. The van der Waals surface area contributed by atoms with Gasteiger partial charge in [-0.05, 0) is 17.2 Å². The van der Waals surface area contributed by atoms with Gasteiger partial charge < -0.3 is 10.4 Å². The van der Waals surface area contributed by atoms with Crippen molar-refractivity contribution in [3.63, 3.8) is 0 Å². The topological polar surface area (TPSA) is 62.2 Å². The smallest absolute Gasteiger partial charge is 0.253 e.